The first-order chi connectivity index (χ1) is 5.61. The molecule has 0 aliphatic carbocycles. The molecular weight excluding hydrogens is 156 g/mol. The van der Waals surface area contributed by atoms with Crippen LogP contribution in [0.5, 0.6) is 0 Å². The lowest BCUT2D eigenvalue weighted by molar-refractivity contribution is -0.127. The second-order valence-electron chi connectivity index (χ2n) is 3.15. The number of ketones is 1. The van der Waals surface area contributed by atoms with Crippen LogP contribution in [-0.4, -0.2) is 35.7 Å². The summed E-state index contributed by atoms with van der Waals surface area (Å²) in [5.74, 6) is -0.0349. The maximum atomic E-state index is 10.9. The van der Waals surface area contributed by atoms with Gasteiger partial charge in [-0.25, -0.2) is 0 Å². The van der Waals surface area contributed by atoms with Gasteiger partial charge in [-0.1, -0.05) is 0 Å². The lowest BCUT2D eigenvalue weighted by atomic mass is 10.1. The Hall–Kier alpha value is -0.900. The molecule has 1 amide bonds. The minimum atomic E-state index is -0.315. The third-order valence-corrected chi connectivity index (χ3v) is 2.32. The molecule has 68 valence electrons. The quantitative estimate of drug-likeness (QED) is 0.609. The van der Waals surface area contributed by atoms with Crippen LogP contribution in [0, 0.1) is 0 Å². The van der Waals surface area contributed by atoms with E-state index >= 15 is 0 Å². The highest BCUT2D eigenvalue weighted by molar-refractivity contribution is 5.81. The predicted molar refractivity (Wildman–Crippen MR) is 44.5 cm³/mol. The van der Waals surface area contributed by atoms with Crippen LogP contribution < -0.4 is 5.73 Å². The van der Waals surface area contributed by atoms with Crippen LogP contribution in [0.1, 0.15) is 19.8 Å². The highest BCUT2D eigenvalue weighted by Crippen LogP contribution is 2.08. The van der Waals surface area contributed by atoms with Gasteiger partial charge in [0.1, 0.15) is 5.78 Å². The Morgan fingerprint density at radius 2 is 2.00 bits per heavy atom. The van der Waals surface area contributed by atoms with Gasteiger partial charge in [0.05, 0.1) is 6.04 Å². The fraction of sp³-hybridized carbons (Fsp3) is 0.750. The Labute approximate surface area is 71.7 Å². The molecule has 1 fully saturated rings. The molecule has 12 heavy (non-hydrogen) atoms. The Kier molecular flexibility index (Phi) is 2.81. The molecule has 1 atom stereocenters. The summed E-state index contributed by atoms with van der Waals surface area (Å²) >= 11 is 0. The van der Waals surface area contributed by atoms with Gasteiger partial charge in [0.15, 0.2) is 0 Å². The molecule has 0 saturated carbocycles. The number of piperidine rings is 1. The minimum Gasteiger partial charge on any atom is -0.368 e. The molecule has 0 aromatic heterocycles. The van der Waals surface area contributed by atoms with Crippen molar-refractivity contribution in [3.63, 3.8) is 0 Å². The third kappa shape index (κ3) is 2.04. The summed E-state index contributed by atoms with van der Waals surface area (Å²) in [4.78, 5) is 23.6. The van der Waals surface area contributed by atoms with Gasteiger partial charge in [0.25, 0.3) is 0 Å². The number of amides is 1. The van der Waals surface area contributed by atoms with Gasteiger partial charge in [-0.05, 0) is 6.92 Å². The first kappa shape index (κ1) is 9.19. The van der Waals surface area contributed by atoms with Crippen LogP contribution in [-0.2, 0) is 9.59 Å². The van der Waals surface area contributed by atoms with Crippen LogP contribution in [0.15, 0.2) is 0 Å². The number of nitrogens with two attached hydrogens (primary N) is 1. The smallest absolute Gasteiger partial charge is 0.234 e. The van der Waals surface area contributed by atoms with Gasteiger partial charge in [-0.2, -0.15) is 0 Å². The molecule has 0 aromatic carbocycles. The van der Waals surface area contributed by atoms with Crippen LogP contribution in [0.3, 0.4) is 0 Å². The van der Waals surface area contributed by atoms with Crippen molar-refractivity contribution < 1.29 is 9.59 Å². The SMILES string of the molecule is CC(C(N)=O)N1CCC(=O)CC1. The van der Waals surface area contributed by atoms with E-state index in [9.17, 15) is 9.59 Å². The number of carbonyl (C=O) groups is 2. The van der Waals surface area contributed by atoms with Gasteiger partial charge in [-0.15, -0.1) is 0 Å². The number of hydrogen-bond donors (Lipinski definition) is 1. The van der Waals surface area contributed by atoms with Crippen LogP contribution in [0.4, 0.5) is 0 Å². The summed E-state index contributed by atoms with van der Waals surface area (Å²) in [6, 6.07) is -0.238. The van der Waals surface area contributed by atoms with E-state index in [1.807, 2.05) is 4.90 Å². The van der Waals surface area contributed by atoms with Crippen molar-refractivity contribution in [1.82, 2.24) is 4.90 Å². The predicted octanol–water partition coefficient (Wildman–Crippen LogP) is -0.475. The highest BCUT2D eigenvalue weighted by Gasteiger charge is 2.23. The number of primary amides is 1. The molecule has 2 N–H and O–H groups in total. The molecule has 1 saturated heterocycles. The minimum absolute atomic E-state index is 0.238. The van der Waals surface area contributed by atoms with E-state index in [-0.39, 0.29) is 17.7 Å². The third-order valence-electron chi connectivity index (χ3n) is 2.32. The lowest BCUT2D eigenvalue weighted by Crippen LogP contribution is -2.46. The first-order valence-corrected chi connectivity index (χ1v) is 4.16. The van der Waals surface area contributed by atoms with Gasteiger partial charge in [0.2, 0.25) is 5.91 Å². The van der Waals surface area contributed by atoms with Crippen LogP contribution >= 0.6 is 0 Å². The van der Waals surface area contributed by atoms with E-state index in [1.165, 1.54) is 0 Å². The van der Waals surface area contributed by atoms with E-state index in [1.54, 1.807) is 6.92 Å². The molecule has 1 heterocycles. The molecule has 0 spiro atoms. The second-order valence-corrected chi connectivity index (χ2v) is 3.15. The van der Waals surface area contributed by atoms with E-state index in [4.69, 9.17) is 5.73 Å². The maximum Gasteiger partial charge on any atom is 0.234 e. The lowest BCUT2D eigenvalue weighted by Gasteiger charge is -2.29. The summed E-state index contributed by atoms with van der Waals surface area (Å²) in [6.07, 6.45) is 1.11. The van der Waals surface area contributed by atoms with Crippen molar-refractivity contribution in [2.24, 2.45) is 5.73 Å². The van der Waals surface area contributed by atoms with Crippen molar-refractivity contribution in [3.8, 4) is 0 Å². The van der Waals surface area contributed by atoms with Crippen molar-refractivity contribution in [3.05, 3.63) is 0 Å². The zero-order valence-corrected chi connectivity index (χ0v) is 7.25. The summed E-state index contributed by atoms with van der Waals surface area (Å²) in [5.41, 5.74) is 5.14. The van der Waals surface area contributed by atoms with E-state index in [2.05, 4.69) is 0 Å². The Morgan fingerprint density at radius 1 is 1.50 bits per heavy atom. The molecule has 1 aliphatic rings. The van der Waals surface area contributed by atoms with Crippen molar-refractivity contribution >= 4 is 11.7 Å². The highest BCUT2D eigenvalue weighted by atomic mass is 16.1. The zero-order chi connectivity index (χ0) is 9.14. The number of rotatable bonds is 2. The van der Waals surface area contributed by atoms with Crippen molar-refractivity contribution in [2.45, 2.75) is 25.8 Å². The second kappa shape index (κ2) is 3.67. The Balaban J connectivity index is 2.44. The Bertz CT molecular complexity index is 193. The van der Waals surface area contributed by atoms with Gasteiger partial charge in [0, 0.05) is 25.9 Å². The first-order valence-electron chi connectivity index (χ1n) is 4.16. The summed E-state index contributed by atoms with van der Waals surface area (Å²) in [6.45, 7) is 3.12. The number of nitrogens with zero attached hydrogens (tertiary/aromatic N) is 1. The number of hydrogen-bond acceptors (Lipinski definition) is 3. The molecular formula is C8H14N2O2. The Morgan fingerprint density at radius 3 is 2.42 bits per heavy atom. The average molecular weight is 170 g/mol. The zero-order valence-electron chi connectivity index (χ0n) is 7.25. The van der Waals surface area contributed by atoms with Gasteiger partial charge in [-0.3, -0.25) is 14.5 Å². The van der Waals surface area contributed by atoms with Gasteiger partial charge < -0.3 is 5.73 Å². The largest absolute Gasteiger partial charge is 0.368 e. The summed E-state index contributed by atoms with van der Waals surface area (Å²) in [7, 11) is 0. The molecule has 4 heteroatoms. The molecule has 1 aliphatic heterocycles. The molecule has 0 radical (unpaired) electrons. The standard InChI is InChI=1S/C8H14N2O2/c1-6(8(9)12)10-4-2-7(11)3-5-10/h6H,2-5H2,1H3,(H2,9,12). The van der Waals surface area contributed by atoms with E-state index in [0.29, 0.717) is 25.9 Å². The number of Topliss-reactive ketones (excluding diaryl/α,β-unsaturated/α-hetero) is 1. The maximum absolute atomic E-state index is 10.9. The average Bonchev–Trinajstić information content (AvgIpc) is 2.04. The van der Waals surface area contributed by atoms with E-state index < -0.39 is 0 Å². The molecule has 1 unspecified atom stereocenters. The van der Waals surface area contributed by atoms with Crippen LogP contribution in [0.2, 0.25) is 0 Å². The van der Waals surface area contributed by atoms with E-state index in [0.717, 1.165) is 0 Å². The number of carbonyl (C=O) groups excluding carboxylic acids is 2. The number of likely N-dealkylation sites (tertiary alicyclic amines) is 1. The molecule has 4 nitrogen and oxygen atoms in total. The fourth-order valence-corrected chi connectivity index (χ4v) is 1.34. The normalized spacial score (nSPS) is 22.2. The topological polar surface area (TPSA) is 63.4 Å². The summed E-state index contributed by atoms with van der Waals surface area (Å²) in [5, 5.41) is 0. The molecule has 0 aromatic rings. The van der Waals surface area contributed by atoms with Crippen molar-refractivity contribution in [1.29, 1.82) is 0 Å². The monoisotopic (exact) mass is 170 g/mol. The molecule has 1 rings (SSSR count). The summed E-state index contributed by atoms with van der Waals surface area (Å²) < 4.78 is 0. The fourth-order valence-electron chi connectivity index (χ4n) is 1.34. The van der Waals surface area contributed by atoms with Crippen molar-refractivity contribution in [2.75, 3.05) is 13.1 Å². The molecule has 0 bridgehead atoms. The van der Waals surface area contributed by atoms with Gasteiger partial charge >= 0.3 is 0 Å². The van der Waals surface area contributed by atoms with Crippen LogP contribution in [0.25, 0.3) is 0 Å².